The van der Waals surface area contributed by atoms with E-state index in [4.69, 9.17) is 11.6 Å². The summed E-state index contributed by atoms with van der Waals surface area (Å²) in [6.07, 6.45) is 2.82. The third kappa shape index (κ3) is 2.66. The van der Waals surface area contributed by atoms with E-state index in [1.807, 2.05) is 23.7 Å². The van der Waals surface area contributed by atoms with E-state index in [9.17, 15) is 0 Å². The summed E-state index contributed by atoms with van der Waals surface area (Å²) in [5.41, 5.74) is 5.18. The van der Waals surface area contributed by atoms with E-state index in [1.54, 1.807) is 6.33 Å². The molecule has 0 fully saturated rings. The molecule has 108 valence electrons. The summed E-state index contributed by atoms with van der Waals surface area (Å²) in [5, 5.41) is 0.500. The molecular formula is C17H18ClN3. The van der Waals surface area contributed by atoms with Gasteiger partial charge in [0.05, 0.1) is 11.8 Å². The second kappa shape index (κ2) is 5.49. The summed E-state index contributed by atoms with van der Waals surface area (Å²) < 4.78 is 1.97. The molecule has 21 heavy (non-hydrogen) atoms. The lowest BCUT2D eigenvalue weighted by molar-refractivity contribution is 0.648. The second-order valence-corrected chi connectivity index (χ2v) is 6.16. The van der Waals surface area contributed by atoms with E-state index in [0.29, 0.717) is 11.1 Å². The zero-order chi connectivity index (χ0) is 15.0. The van der Waals surface area contributed by atoms with Crippen LogP contribution in [0.2, 0.25) is 5.15 Å². The number of nitrogens with zero attached hydrogens (tertiary/aromatic N) is 3. The van der Waals surface area contributed by atoms with E-state index in [0.717, 1.165) is 28.7 Å². The molecule has 3 rings (SSSR count). The summed E-state index contributed by atoms with van der Waals surface area (Å²) >= 11 is 6.21. The van der Waals surface area contributed by atoms with Crippen molar-refractivity contribution in [1.82, 2.24) is 14.5 Å². The number of hydrogen-bond donors (Lipinski definition) is 0. The van der Waals surface area contributed by atoms with Gasteiger partial charge < -0.3 is 4.57 Å². The Morgan fingerprint density at radius 1 is 1.24 bits per heavy atom. The molecule has 0 aliphatic carbocycles. The molecule has 0 N–H and O–H groups in total. The second-order valence-electron chi connectivity index (χ2n) is 5.77. The summed E-state index contributed by atoms with van der Waals surface area (Å²) in [5.74, 6) is 0.588. The standard InChI is InChI=1S/C17H18ClN3/c1-11(2)8-12-6-4-5-7-13(12)16-17-14(9-15(18)20-16)21(3)10-19-17/h4-7,9-11H,8H2,1-3H3. The molecule has 0 spiro atoms. The first-order chi connectivity index (χ1) is 10.1. The molecular weight excluding hydrogens is 282 g/mol. The smallest absolute Gasteiger partial charge is 0.132 e. The number of aryl methyl sites for hydroxylation is 1. The Hall–Kier alpha value is -1.87. The molecule has 0 unspecified atom stereocenters. The van der Waals surface area contributed by atoms with Gasteiger partial charge in [-0.25, -0.2) is 9.97 Å². The minimum absolute atomic E-state index is 0.500. The third-order valence-corrected chi connectivity index (χ3v) is 3.78. The molecule has 0 bridgehead atoms. The summed E-state index contributed by atoms with van der Waals surface area (Å²) in [4.78, 5) is 9.04. The highest BCUT2D eigenvalue weighted by Gasteiger charge is 2.14. The predicted molar refractivity (Wildman–Crippen MR) is 87.5 cm³/mol. The van der Waals surface area contributed by atoms with Crippen LogP contribution in [0.25, 0.3) is 22.3 Å². The van der Waals surface area contributed by atoms with E-state index >= 15 is 0 Å². The van der Waals surface area contributed by atoms with Crippen LogP contribution in [0.1, 0.15) is 19.4 Å². The van der Waals surface area contributed by atoms with Crippen molar-refractivity contribution in [3.05, 3.63) is 47.4 Å². The van der Waals surface area contributed by atoms with Gasteiger partial charge in [0.15, 0.2) is 0 Å². The van der Waals surface area contributed by atoms with Gasteiger partial charge in [-0.15, -0.1) is 0 Å². The van der Waals surface area contributed by atoms with Crippen LogP contribution in [0.5, 0.6) is 0 Å². The van der Waals surface area contributed by atoms with Crippen molar-refractivity contribution in [3.63, 3.8) is 0 Å². The molecule has 0 amide bonds. The van der Waals surface area contributed by atoms with Crippen LogP contribution in [0.4, 0.5) is 0 Å². The predicted octanol–water partition coefficient (Wildman–Crippen LogP) is 4.49. The lowest BCUT2D eigenvalue weighted by atomic mass is 9.95. The van der Waals surface area contributed by atoms with Crippen LogP contribution < -0.4 is 0 Å². The Balaban J connectivity index is 2.25. The number of imidazole rings is 1. The van der Waals surface area contributed by atoms with Crippen LogP contribution in [-0.4, -0.2) is 14.5 Å². The largest absolute Gasteiger partial charge is 0.334 e. The normalized spacial score (nSPS) is 11.5. The van der Waals surface area contributed by atoms with Gasteiger partial charge in [-0.05, 0) is 17.9 Å². The monoisotopic (exact) mass is 299 g/mol. The molecule has 0 saturated heterocycles. The fraction of sp³-hybridized carbons (Fsp3) is 0.294. The highest BCUT2D eigenvalue weighted by Crippen LogP contribution is 2.31. The topological polar surface area (TPSA) is 30.7 Å². The van der Waals surface area contributed by atoms with Crippen molar-refractivity contribution in [2.75, 3.05) is 0 Å². The molecule has 0 aliphatic heterocycles. The molecule has 4 heteroatoms. The fourth-order valence-corrected chi connectivity index (χ4v) is 2.84. The van der Waals surface area contributed by atoms with E-state index in [-0.39, 0.29) is 0 Å². The van der Waals surface area contributed by atoms with Crippen molar-refractivity contribution in [2.24, 2.45) is 13.0 Å². The highest BCUT2D eigenvalue weighted by atomic mass is 35.5. The van der Waals surface area contributed by atoms with Crippen LogP contribution in [0.3, 0.4) is 0 Å². The van der Waals surface area contributed by atoms with E-state index in [2.05, 4.69) is 42.0 Å². The lowest BCUT2D eigenvalue weighted by Gasteiger charge is -2.12. The molecule has 1 aromatic carbocycles. The van der Waals surface area contributed by atoms with Gasteiger partial charge in [0.2, 0.25) is 0 Å². The number of benzene rings is 1. The third-order valence-electron chi connectivity index (χ3n) is 3.58. The van der Waals surface area contributed by atoms with E-state index in [1.165, 1.54) is 5.56 Å². The van der Waals surface area contributed by atoms with Crippen LogP contribution in [0, 0.1) is 5.92 Å². The first kappa shape index (κ1) is 14.1. The molecule has 3 nitrogen and oxygen atoms in total. The van der Waals surface area contributed by atoms with Gasteiger partial charge in [-0.1, -0.05) is 49.7 Å². The summed E-state index contributed by atoms with van der Waals surface area (Å²) in [6.45, 7) is 4.44. The van der Waals surface area contributed by atoms with Crippen LogP contribution in [-0.2, 0) is 13.5 Å². The van der Waals surface area contributed by atoms with Gasteiger partial charge >= 0.3 is 0 Å². The molecule has 2 aromatic heterocycles. The summed E-state index contributed by atoms with van der Waals surface area (Å²) in [6, 6.07) is 10.2. The van der Waals surface area contributed by atoms with Gasteiger partial charge in [-0.2, -0.15) is 0 Å². The number of hydrogen-bond acceptors (Lipinski definition) is 2. The van der Waals surface area contributed by atoms with Crippen molar-refractivity contribution >= 4 is 22.6 Å². The van der Waals surface area contributed by atoms with Gasteiger partial charge in [0.25, 0.3) is 0 Å². The maximum atomic E-state index is 6.21. The Bertz CT molecular complexity index is 790. The van der Waals surface area contributed by atoms with Gasteiger partial charge in [0.1, 0.15) is 16.4 Å². The molecule has 0 radical (unpaired) electrons. The molecule has 0 atom stereocenters. The Morgan fingerprint density at radius 3 is 2.76 bits per heavy atom. The van der Waals surface area contributed by atoms with Crippen molar-refractivity contribution in [3.8, 4) is 11.3 Å². The maximum absolute atomic E-state index is 6.21. The zero-order valence-corrected chi connectivity index (χ0v) is 13.2. The Labute approximate surface area is 129 Å². The van der Waals surface area contributed by atoms with Crippen LogP contribution in [0.15, 0.2) is 36.7 Å². The number of fused-ring (bicyclic) bond motifs is 1. The Morgan fingerprint density at radius 2 is 2.00 bits per heavy atom. The van der Waals surface area contributed by atoms with Crippen LogP contribution >= 0.6 is 11.6 Å². The number of pyridine rings is 1. The quantitative estimate of drug-likeness (QED) is 0.667. The molecule has 0 saturated carbocycles. The zero-order valence-electron chi connectivity index (χ0n) is 12.5. The van der Waals surface area contributed by atoms with Crippen molar-refractivity contribution in [2.45, 2.75) is 20.3 Å². The molecule has 3 aromatic rings. The Kier molecular flexibility index (Phi) is 3.68. The minimum atomic E-state index is 0.500. The first-order valence-electron chi connectivity index (χ1n) is 7.12. The lowest BCUT2D eigenvalue weighted by Crippen LogP contribution is -1.98. The van der Waals surface area contributed by atoms with Gasteiger partial charge in [-0.3, -0.25) is 0 Å². The fourth-order valence-electron chi connectivity index (χ4n) is 2.65. The summed E-state index contributed by atoms with van der Waals surface area (Å²) in [7, 11) is 1.97. The SMILES string of the molecule is CC(C)Cc1ccccc1-c1nc(Cl)cc2c1ncn2C. The molecule has 0 aliphatic rings. The van der Waals surface area contributed by atoms with Crippen molar-refractivity contribution in [1.29, 1.82) is 0 Å². The van der Waals surface area contributed by atoms with E-state index < -0.39 is 0 Å². The highest BCUT2D eigenvalue weighted by molar-refractivity contribution is 6.30. The maximum Gasteiger partial charge on any atom is 0.132 e. The number of halogens is 1. The first-order valence-corrected chi connectivity index (χ1v) is 7.50. The average Bonchev–Trinajstić information content (AvgIpc) is 2.80. The number of rotatable bonds is 3. The number of aromatic nitrogens is 3. The van der Waals surface area contributed by atoms with Crippen molar-refractivity contribution < 1.29 is 0 Å². The average molecular weight is 300 g/mol. The minimum Gasteiger partial charge on any atom is -0.334 e. The molecule has 2 heterocycles. The van der Waals surface area contributed by atoms with Gasteiger partial charge in [0, 0.05) is 18.7 Å².